The highest BCUT2D eigenvalue weighted by molar-refractivity contribution is 5.65. The molecular weight excluding hydrogens is 134 g/mol. The fraction of sp³-hybridized carbons (Fsp3) is 0.833. The van der Waals surface area contributed by atoms with Crippen molar-refractivity contribution >= 4 is 6.09 Å². The van der Waals surface area contributed by atoms with Crippen LogP contribution < -0.4 is 0 Å². The second-order valence-electron chi connectivity index (χ2n) is 1.82. The third kappa shape index (κ3) is 3.29. The van der Waals surface area contributed by atoms with E-state index in [0.29, 0.717) is 18.2 Å². The predicted molar refractivity (Wildman–Crippen MR) is 35.8 cm³/mol. The summed E-state index contributed by atoms with van der Waals surface area (Å²) in [6.07, 6.45) is 0.0410. The van der Waals surface area contributed by atoms with Gasteiger partial charge in [-0.25, -0.2) is 4.79 Å². The highest BCUT2D eigenvalue weighted by Crippen LogP contribution is 1.90. The molecule has 0 aliphatic heterocycles. The third-order valence-corrected chi connectivity index (χ3v) is 0.914. The normalized spacial score (nSPS) is 9.10. The van der Waals surface area contributed by atoms with E-state index in [2.05, 4.69) is 4.74 Å². The summed E-state index contributed by atoms with van der Waals surface area (Å²) in [5.41, 5.74) is 0. The SMILES string of the molecule is CCCN(O)C(=O)OCC. The summed E-state index contributed by atoms with van der Waals surface area (Å²) < 4.78 is 4.49. The lowest BCUT2D eigenvalue weighted by Crippen LogP contribution is -2.28. The number of hydrogen-bond donors (Lipinski definition) is 1. The van der Waals surface area contributed by atoms with Crippen molar-refractivity contribution in [1.82, 2.24) is 5.06 Å². The fourth-order valence-electron chi connectivity index (χ4n) is 0.501. The molecule has 0 radical (unpaired) electrons. The van der Waals surface area contributed by atoms with Crippen LogP contribution >= 0.6 is 0 Å². The van der Waals surface area contributed by atoms with Gasteiger partial charge in [-0.15, -0.1) is 0 Å². The lowest BCUT2D eigenvalue weighted by Gasteiger charge is -2.11. The van der Waals surface area contributed by atoms with Gasteiger partial charge >= 0.3 is 6.09 Å². The summed E-state index contributed by atoms with van der Waals surface area (Å²) in [6.45, 7) is 4.17. The molecule has 0 heterocycles. The van der Waals surface area contributed by atoms with E-state index in [1.165, 1.54) is 0 Å². The Kier molecular flexibility index (Phi) is 4.66. The zero-order chi connectivity index (χ0) is 7.98. The van der Waals surface area contributed by atoms with Crippen LogP contribution in [0.3, 0.4) is 0 Å². The average molecular weight is 147 g/mol. The Hall–Kier alpha value is -0.770. The third-order valence-electron chi connectivity index (χ3n) is 0.914. The molecule has 0 fully saturated rings. The first-order chi connectivity index (χ1) is 4.72. The largest absolute Gasteiger partial charge is 0.448 e. The summed E-state index contributed by atoms with van der Waals surface area (Å²) in [6, 6.07) is 0. The van der Waals surface area contributed by atoms with Crippen molar-refractivity contribution in [2.75, 3.05) is 13.2 Å². The van der Waals surface area contributed by atoms with E-state index < -0.39 is 6.09 Å². The van der Waals surface area contributed by atoms with Crippen LogP contribution in [0.25, 0.3) is 0 Å². The van der Waals surface area contributed by atoms with E-state index in [0.717, 1.165) is 6.42 Å². The molecule has 0 aromatic heterocycles. The Bertz CT molecular complexity index is 105. The Morgan fingerprint density at radius 3 is 2.60 bits per heavy atom. The molecular formula is C6H13NO3. The van der Waals surface area contributed by atoms with Gasteiger partial charge in [0.25, 0.3) is 0 Å². The minimum Gasteiger partial charge on any atom is -0.448 e. The number of hydrogen-bond acceptors (Lipinski definition) is 3. The van der Waals surface area contributed by atoms with Gasteiger partial charge in [-0.05, 0) is 13.3 Å². The number of amides is 1. The Morgan fingerprint density at radius 1 is 1.60 bits per heavy atom. The van der Waals surface area contributed by atoms with Crippen LogP contribution in [0.15, 0.2) is 0 Å². The van der Waals surface area contributed by atoms with E-state index in [1.54, 1.807) is 6.92 Å². The molecule has 0 saturated carbocycles. The predicted octanol–water partition coefficient (Wildman–Crippen LogP) is 1.24. The van der Waals surface area contributed by atoms with Crippen molar-refractivity contribution in [3.63, 3.8) is 0 Å². The molecule has 4 nitrogen and oxygen atoms in total. The molecule has 0 saturated heterocycles. The first kappa shape index (κ1) is 9.23. The van der Waals surface area contributed by atoms with Crippen molar-refractivity contribution < 1.29 is 14.7 Å². The van der Waals surface area contributed by atoms with E-state index in [9.17, 15) is 4.79 Å². The molecule has 10 heavy (non-hydrogen) atoms. The Morgan fingerprint density at radius 2 is 2.20 bits per heavy atom. The number of carbonyl (C=O) groups excluding carboxylic acids is 1. The molecule has 0 atom stereocenters. The van der Waals surface area contributed by atoms with Crippen molar-refractivity contribution in [3.05, 3.63) is 0 Å². The minimum absolute atomic E-state index is 0.291. The standard InChI is InChI=1S/C6H13NO3/c1-3-5-7(9)6(8)10-4-2/h9H,3-5H2,1-2H3. The second kappa shape index (κ2) is 5.05. The molecule has 0 bridgehead atoms. The highest BCUT2D eigenvalue weighted by Gasteiger charge is 2.08. The molecule has 1 N–H and O–H groups in total. The number of carbonyl (C=O) groups is 1. The first-order valence-electron chi connectivity index (χ1n) is 3.35. The smallest absolute Gasteiger partial charge is 0.433 e. The molecule has 1 amide bonds. The summed E-state index contributed by atoms with van der Waals surface area (Å²) >= 11 is 0. The molecule has 0 rings (SSSR count). The van der Waals surface area contributed by atoms with Crippen molar-refractivity contribution in [3.8, 4) is 0 Å². The van der Waals surface area contributed by atoms with Crippen LogP contribution in [0.5, 0.6) is 0 Å². The van der Waals surface area contributed by atoms with E-state index in [-0.39, 0.29) is 0 Å². The van der Waals surface area contributed by atoms with E-state index in [4.69, 9.17) is 5.21 Å². The maximum Gasteiger partial charge on any atom is 0.433 e. The van der Waals surface area contributed by atoms with Gasteiger partial charge in [0.15, 0.2) is 0 Å². The van der Waals surface area contributed by atoms with Gasteiger partial charge in [-0.2, -0.15) is 5.06 Å². The van der Waals surface area contributed by atoms with Crippen molar-refractivity contribution in [2.24, 2.45) is 0 Å². The van der Waals surface area contributed by atoms with Gasteiger partial charge in [-0.3, -0.25) is 5.21 Å². The Balaban J connectivity index is 3.49. The van der Waals surface area contributed by atoms with Gasteiger partial charge in [0.1, 0.15) is 0 Å². The van der Waals surface area contributed by atoms with Crippen LogP contribution in [0, 0.1) is 0 Å². The van der Waals surface area contributed by atoms with Crippen LogP contribution in [0.2, 0.25) is 0 Å². The van der Waals surface area contributed by atoms with Crippen LogP contribution in [-0.2, 0) is 4.74 Å². The summed E-state index contributed by atoms with van der Waals surface area (Å²) in [7, 11) is 0. The van der Waals surface area contributed by atoms with Gasteiger partial charge in [0.2, 0.25) is 0 Å². The van der Waals surface area contributed by atoms with E-state index >= 15 is 0 Å². The summed E-state index contributed by atoms with van der Waals surface area (Å²) in [4.78, 5) is 10.6. The second-order valence-corrected chi connectivity index (χ2v) is 1.82. The summed E-state index contributed by atoms with van der Waals surface area (Å²) in [5.74, 6) is 0. The number of hydroxylamine groups is 2. The lowest BCUT2D eigenvalue weighted by molar-refractivity contribution is -0.0728. The molecule has 0 unspecified atom stereocenters. The first-order valence-corrected chi connectivity index (χ1v) is 3.35. The topological polar surface area (TPSA) is 49.8 Å². The maximum atomic E-state index is 10.6. The van der Waals surface area contributed by atoms with Crippen LogP contribution in [0.4, 0.5) is 4.79 Å². The molecule has 60 valence electrons. The van der Waals surface area contributed by atoms with Gasteiger partial charge < -0.3 is 4.74 Å². The average Bonchev–Trinajstić information content (AvgIpc) is 1.89. The minimum atomic E-state index is -0.677. The van der Waals surface area contributed by atoms with E-state index in [1.807, 2.05) is 6.92 Å². The van der Waals surface area contributed by atoms with Gasteiger partial charge in [0, 0.05) is 0 Å². The number of rotatable bonds is 3. The van der Waals surface area contributed by atoms with Gasteiger partial charge in [-0.1, -0.05) is 6.92 Å². The number of nitrogens with zero attached hydrogens (tertiary/aromatic N) is 1. The quantitative estimate of drug-likeness (QED) is 0.482. The van der Waals surface area contributed by atoms with Crippen LogP contribution in [0.1, 0.15) is 20.3 Å². The fourth-order valence-corrected chi connectivity index (χ4v) is 0.501. The highest BCUT2D eigenvalue weighted by atomic mass is 16.6. The zero-order valence-corrected chi connectivity index (χ0v) is 6.33. The van der Waals surface area contributed by atoms with Gasteiger partial charge in [0.05, 0.1) is 13.2 Å². The van der Waals surface area contributed by atoms with Crippen molar-refractivity contribution in [2.45, 2.75) is 20.3 Å². The Labute approximate surface area is 60.3 Å². The molecule has 0 aliphatic carbocycles. The molecule has 0 aliphatic rings. The van der Waals surface area contributed by atoms with Crippen molar-refractivity contribution in [1.29, 1.82) is 0 Å². The molecule has 0 spiro atoms. The lowest BCUT2D eigenvalue weighted by atomic mass is 10.5. The zero-order valence-electron chi connectivity index (χ0n) is 6.33. The molecule has 0 aromatic rings. The summed E-state index contributed by atoms with van der Waals surface area (Å²) in [5, 5.41) is 9.38. The molecule has 0 aromatic carbocycles. The maximum absolute atomic E-state index is 10.6. The number of ether oxygens (including phenoxy) is 1. The monoisotopic (exact) mass is 147 g/mol. The molecule has 4 heteroatoms. The van der Waals surface area contributed by atoms with Crippen LogP contribution in [-0.4, -0.2) is 29.5 Å².